The second-order valence-corrected chi connectivity index (χ2v) is 5.99. The lowest BCUT2D eigenvalue weighted by atomic mass is 10.1. The Morgan fingerprint density at radius 3 is 2.25 bits per heavy atom. The summed E-state index contributed by atoms with van der Waals surface area (Å²) in [5.41, 5.74) is -1.72. The summed E-state index contributed by atoms with van der Waals surface area (Å²) in [4.78, 5) is 7.31. The molecule has 0 bridgehead atoms. The molecule has 0 aliphatic carbocycles. The largest absolute Gasteiger partial charge is 0.435 e. The first-order chi connectivity index (χ1) is 13.1. The van der Waals surface area contributed by atoms with E-state index in [1.807, 2.05) is 0 Å². The molecular weight excluding hydrogens is 388 g/mol. The van der Waals surface area contributed by atoms with Crippen LogP contribution in [0.2, 0.25) is 0 Å². The van der Waals surface area contributed by atoms with Crippen LogP contribution in [-0.4, -0.2) is 19.7 Å². The molecule has 0 aliphatic heterocycles. The molecule has 0 saturated heterocycles. The van der Waals surface area contributed by atoms with Gasteiger partial charge >= 0.3 is 6.18 Å². The van der Waals surface area contributed by atoms with Crippen molar-refractivity contribution < 1.29 is 26.3 Å². The summed E-state index contributed by atoms with van der Waals surface area (Å²) in [6, 6.07) is 2.95. The number of aryl methyl sites for hydroxylation is 2. The van der Waals surface area contributed by atoms with Crippen molar-refractivity contribution in [3.05, 3.63) is 58.8 Å². The molecule has 0 unspecified atom stereocenters. The van der Waals surface area contributed by atoms with Gasteiger partial charge in [-0.3, -0.25) is 4.68 Å². The molecule has 0 fully saturated rings. The van der Waals surface area contributed by atoms with Crippen molar-refractivity contribution in [1.29, 1.82) is 0 Å². The predicted molar refractivity (Wildman–Crippen MR) is 87.6 cm³/mol. The highest BCUT2D eigenvalue weighted by molar-refractivity contribution is 5.56. The number of benzene rings is 1. The first kappa shape index (κ1) is 19.6. The van der Waals surface area contributed by atoms with Crippen molar-refractivity contribution in [3.8, 4) is 11.4 Å². The molecule has 5 nitrogen and oxygen atoms in total. The molecule has 1 N–H and O–H groups in total. The maximum atomic E-state index is 14.3. The number of nitrogens with zero attached hydrogens (tertiary/aromatic N) is 4. The van der Waals surface area contributed by atoms with E-state index in [0.29, 0.717) is 11.6 Å². The Morgan fingerprint density at radius 1 is 1.07 bits per heavy atom. The molecule has 2 aromatic heterocycles. The number of rotatable bonds is 4. The first-order valence-electron chi connectivity index (χ1n) is 7.89. The fraction of sp³-hybridized carbons (Fsp3) is 0.235. The average Bonchev–Trinajstić information content (AvgIpc) is 2.96. The number of hydrogen-bond acceptors (Lipinski definition) is 4. The van der Waals surface area contributed by atoms with E-state index in [0.717, 1.165) is 23.0 Å². The smallest absolute Gasteiger partial charge is 0.364 e. The van der Waals surface area contributed by atoms with Gasteiger partial charge in [0.25, 0.3) is 0 Å². The zero-order valence-electron chi connectivity index (χ0n) is 14.6. The average molecular weight is 401 g/mol. The molecule has 3 aromatic rings. The number of anilines is 1. The van der Waals surface area contributed by atoms with E-state index in [-0.39, 0.29) is 23.6 Å². The van der Waals surface area contributed by atoms with Gasteiger partial charge in [-0.2, -0.15) is 27.6 Å². The Hall–Kier alpha value is -3.11. The van der Waals surface area contributed by atoms with Crippen LogP contribution in [-0.2, 0) is 19.8 Å². The monoisotopic (exact) mass is 401 g/mol. The number of aromatic nitrogens is 4. The third-order valence-corrected chi connectivity index (χ3v) is 3.87. The third kappa shape index (κ3) is 3.92. The molecule has 148 valence electrons. The van der Waals surface area contributed by atoms with E-state index in [1.54, 1.807) is 0 Å². The summed E-state index contributed by atoms with van der Waals surface area (Å²) in [5, 5.41) is 5.81. The van der Waals surface area contributed by atoms with Gasteiger partial charge in [-0.05, 0) is 30.7 Å². The van der Waals surface area contributed by atoms with Crippen LogP contribution in [0, 0.1) is 24.5 Å². The topological polar surface area (TPSA) is 55.6 Å². The Labute approximate surface area is 155 Å². The van der Waals surface area contributed by atoms with Crippen LogP contribution in [0.25, 0.3) is 11.4 Å². The number of hydrogen-bond donors (Lipinski definition) is 1. The summed E-state index contributed by atoms with van der Waals surface area (Å²) in [6.45, 7) is 1.21. The molecule has 0 atom stereocenters. The van der Waals surface area contributed by atoms with Crippen molar-refractivity contribution in [2.45, 2.75) is 19.6 Å². The summed E-state index contributed by atoms with van der Waals surface area (Å²) in [5.74, 6) is -2.85. The quantitative estimate of drug-likeness (QED) is 0.665. The van der Waals surface area contributed by atoms with E-state index < -0.39 is 35.1 Å². The van der Waals surface area contributed by atoms with Gasteiger partial charge in [-0.1, -0.05) is 0 Å². The Morgan fingerprint density at radius 2 is 1.71 bits per heavy atom. The molecule has 0 saturated carbocycles. The minimum Gasteiger partial charge on any atom is -0.364 e. The molecule has 0 spiro atoms. The van der Waals surface area contributed by atoms with Gasteiger partial charge in [0, 0.05) is 19.2 Å². The van der Waals surface area contributed by atoms with Gasteiger partial charge in [0.2, 0.25) is 5.95 Å². The Bertz CT molecular complexity index is 1000. The highest BCUT2D eigenvalue weighted by atomic mass is 19.4. The lowest BCUT2D eigenvalue weighted by Gasteiger charge is -2.09. The van der Waals surface area contributed by atoms with Crippen LogP contribution in [0.3, 0.4) is 0 Å². The van der Waals surface area contributed by atoms with Gasteiger partial charge in [0.1, 0.15) is 23.1 Å². The van der Waals surface area contributed by atoms with Gasteiger partial charge < -0.3 is 5.32 Å². The SMILES string of the molecule is Cc1cc(F)c(CNc2cnc(-c3cc(C(F)(F)F)nn3C)c(F)n2)c(F)c1. The summed E-state index contributed by atoms with van der Waals surface area (Å²) in [6.07, 6.45) is -3.65. The zero-order chi connectivity index (χ0) is 20.6. The maximum absolute atomic E-state index is 14.3. The second kappa shape index (κ2) is 7.13. The van der Waals surface area contributed by atoms with Gasteiger partial charge in [0.15, 0.2) is 5.69 Å². The van der Waals surface area contributed by atoms with Gasteiger partial charge in [-0.15, -0.1) is 0 Å². The van der Waals surface area contributed by atoms with Crippen LogP contribution in [0.5, 0.6) is 0 Å². The van der Waals surface area contributed by atoms with E-state index in [4.69, 9.17) is 0 Å². The van der Waals surface area contributed by atoms with Gasteiger partial charge in [-0.25, -0.2) is 13.8 Å². The Balaban J connectivity index is 1.83. The molecule has 0 amide bonds. The van der Waals surface area contributed by atoms with Crippen LogP contribution in [0.1, 0.15) is 16.8 Å². The van der Waals surface area contributed by atoms with Crippen LogP contribution < -0.4 is 5.32 Å². The van der Waals surface area contributed by atoms with Crippen LogP contribution >= 0.6 is 0 Å². The molecule has 1 aromatic carbocycles. The van der Waals surface area contributed by atoms with E-state index in [2.05, 4.69) is 20.4 Å². The fourth-order valence-electron chi connectivity index (χ4n) is 2.53. The number of alkyl halides is 3. The lowest BCUT2D eigenvalue weighted by Crippen LogP contribution is -2.08. The van der Waals surface area contributed by atoms with Crippen molar-refractivity contribution in [2.75, 3.05) is 5.32 Å². The lowest BCUT2D eigenvalue weighted by molar-refractivity contribution is -0.141. The van der Waals surface area contributed by atoms with E-state index >= 15 is 0 Å². The van der Waals surface area contributed by atoms with Gasteiger partial charge in [0.05, 0.1) is 11.9 Å². The summed E-state index contributed by atoms with van der Waals surface area (Å²) < 4.78 is 81.0. The fourth-order valence-corrected chi connectivity index (χ4v) is 2.53. The molecular formula is C17H13F6N5. The van der Waals surface area contributed by atoms with Crippen molar-refractivity contribution in [2.24, 2.45) is 7.05 Å². The van der Waals surface area contributed by atoms with Crippen LogP contribution in [0.15, 0.2) is 24.4 Å². The van der Waals surface area contributed by atoms with Crippen molar-refractivity contribution in [1.82, 2.24) is 19.7 Å². The molecule has 2 heterocycles. The second-order valence-electron chi connectivity index (χ2n) is 5.99. The minimum absolute atomic E-state index is 0.140. The molecule has 11 heteroatoms. The summed E-state index contributed by atoms with van der Waals surface area (Å²) in [7, 11) is 1.21. The minimum atomic E-state index is -4.69. The Kier molecular flexibility index (Phi) is 5.01. The standard InChI is InChI=1S/C17H13F6N5/c1-8-3-10(18)9(11(19)4-8)6-24-14-7-25-15(16(20)26-14)12-5-13(17(21,22)23)27-28(12)2/h3-5,7H,6H2,1-2H3,(H,24,26). The maximum Gasteiger partial charge on any atom is 0.435 e. The molecule has 3 rings (SSSR count). The number of halogens is 6. The van der Waals surface area contributed by atoms with Crippen molar-refractivity contribution in [3.63, 3.8) is 0 Å². The third-order valence-electron chi connectivity index (χ3n) is 3.87. The first-order valence-corrected chi connectivity index (χ1v) is 7.89. The number of nitrogens with one attached hydrogen (secondary N) is 1. The normalized spacial score (nSPS) is 11.7. The zero-order valence-corrected chi connectivity index (χ0v) is 14.6. The van der Waals surface area contributed by atoms with Crippen LogP contribution in [0.4, 0.5) is 32.2 Å². The van der Waals surface area contributed by atoms with E-state index in [9.17, 15) is 26.3 Å². The molecule has 0 aliphatic rings. The van der Waals surface area contributed by atoms with E-state index in [1.165, 1.54) is 14.0 Å². The highest BCUT2D eigenvalue weighted by Crippen LogP contribution is 2.31. The summed E-state index contributed by atoms with van der Waals surface area (Å²) >= 11 is 0. The molecule has 28 heavy (non-hydrogen) atoms. The predicted octanol–water partition coefficient (Wildman–Crippen LogP) is 4.23. The molecule has 0 radical (unpaired) electrons. The highest BCUT2D eigenvalue weighted by Gasteiger charge is 2.35. The van der Waals surface area contributed by atoms with Crippen molar-refractivity contribution >= 4 is 5.82 Å².